The summed E-state index contributed by atoms with van der Waals surface area (Å²) < 4.78 is 14.8. The molecular weight excluding hydrogens is 392 g/mol. The van der Waals surface area contributed by atoms with Gasteiger partial charge in [-0.3, -0.25) is 4.57 Å². The fourth-order valence-corrected chi connectivity index (χ4v) is 3.89. The van der Waals surface area contributed by atoms with E-state index in [2.05, 4.69) is 11.7 Å². The van der Waals surface area contributed by atoms with Crippen LogP contribution in [0.15, 0.2) is 36.9 Å². The molecule has 0 amide bonds. The minimum atomic E-state index is -0.553. The number of benzene rings is 1. The number of hydrogen-bond acceptors (Lipinski definition) is 6. The number of methoxy groups -OCH3 is 1. The number of aliphatic hydroxyl groups excluding tert-OH is 1. The maximum Gasteiger partial charge on any atom is 0.364 e. The zero-order valence-electron chi connectivity index (χ0n) is 16.7. The summed E-state index contributed by atoms with van der Waals surface area (Å²) >= 11 is 5.59. The van der Waals surface area contributed by atoms with Gasteiger partial charge in [-0.05, 0) is 36.8 Å². The lowest BCUT2D eigenvalue weighted by Crippen LogP contribution is -3.14. The number of nitrogens with one attached hydrogen (secondary N) is 1. The number of rotatable bonds is 8. The van der Waals surface area contributed by atoms with Crippen molar-refractivity contribution in [1.82, 2.24) is 14.3 Å². The van der Waals surface area contributed by atoms with Crippen LogP contribution in [0, 0.1) is 11.7 Å². The fourth-order valence-electron chi connectivity index (χ4n) is 3.60. The second-order valence-corrected chi connectivity index (χ2v) is 7.55. The third-order valence-corrected chi connectivity index (χ3v) is 5.44. The molecule has 2 heterocycles. The van der Waals surface area contributed by atoms with E-state index in [-0.39, 0.29) is 12.6 Å². The molecule has 8 nitrogen and oxygen atoms in total. The number of carbonyl (C=O) groups excluding carboxylic acids is 1. The SMILES string of the molecule is C=CCn1c(COc2cccc(C)c2)nn(C[NH+]2C[C@@H](O)C[C@H]2C(=O)OC)c1=S. The summed E-state index contributed by atoms with van der Waals surface area (Å²) in [5, 5.41) is 14.6. The molecule has 0 spiro atoms. The summed E-state index contributed by atoms with van der Waals surface area (Å²) in [6, 6.07) is 7.36. The lowest BCUT2D eigenvalue weighted by atomic mass is 10.2. The highest BCUT2D eigenvalue weighted by Crippen LogP contribution is 2.14. The van der Waals surface area contributed by atoms with Gasteiger partial charge in [-0.15, -0.1) is 11.7 Å². The quantitative estimate of drug-likeness (QED) is 0.371. The molecule has 0 radical (unpaired) electrons. The van der Waals surface area contributed by atoms with E-state index in [4.69, 9.17) is 21.7 Å². The number of likely N-dealkylation sites (tertiary alicyclic amines) is 1. The van der Waals surface area contributed by atoms with E-state index in [1.54, 1.807) is 10.8 Å². The standard InChI is InChI=1S/C20H26N4O4S/c1-4-8-23-18(12-28-16-7-5-6-14(2)9-16)21-24(20(23)29)13-22-11-15(25)10-17(22)19(26)27-3/h4-7,9,15,17,25H,1,8,10-13H2,2-3H3/p+1/t15-,17-/m0/s1. The van der Waals surface area contributed by atoms with E-state index in [9.17, 15) is 9.90 Å². The number of aromatic nitrogens is 3. The maximum absolute atomic E-state index is 12.1. The first kappa shape index (κ1) is 21.2. The third kappa shape index (κ3) is 4.92. The first-order chi connectivity index (χ1) is 13.9. The van der Waals surface area contributed by atoms with Crippen molar-refractivity contribution in [2.75, 3.05) is 13.7 Å². The average Bonchev–Trinajstić information content (AvgIpc) is 3.21. The first-order valence-electron chi connectivity index (χ1n) is 9.50. The van der Waals surface area contributed by atoms with Crippen molar-refractivity contribution in [2.24, 2.45) is 0 Å². The van der Waals surface area contributed by atoms with Gasteiger partial charge in [0, 0.05) is 13.0 Å². The van der Waals surface area contributed by atoms with Crippen molar-refractivity contribution in [1.29, 1.82) is 0 Å². The van der Waals surface area contributed by atoms with Crippen molar-refractivity contribution in [3.8, 4) is 5.75 Å². The number of carbonyl (C=O) groups is 1. The smallest absolute Gasteiger partial charge is 0.364 e. The van der Waals surface area contributed by atoms with Crippen LogP contribution in [0.1, 0.15) is 17.8 Å². The van der Waals surface area contributed by atoms with Crippen molar-refractivity contribution in [2.45, 2.75) is 45.3 Å². The zero-order chi connectivity index (χ0) is 21.0. The number of nitrogens with zero attached hydrogens (tertiary/aromatic N) is 3. The molecule has 3 atom stereocenters. The Hall–Kier alpha value is -2.49. The fraction of sp³-hybridized carbons (Fsp3) is 0.450. The molecule has 1 aromatic heterocycles. The topological polar surface area (TPSA) is 83.0 Å². The van der Waals surface area contributed by atoms with Gasteiger partial charge in [-0.2, -0.15) is 4.68 Å². The van der Waals surface area contributed by atoms with Crippen molar-refractivity contribution >= 4 is 18.2 Å². The molecule has 1 aliphatic rings. The minimum absolute atomic E-state index is 0.256. The van der Waals surface area contributed by atoms with Crippen LogP contribution in [-0.2, 0) is 29.4 Å². The molecule has 3 rings (SSSR count). The molecule has 29 heavy (non-hydrogen) atoms. The van der Waals surface area contributed by atoms with Crippen LogP contribution in [0.4, 0.5) is 0 Å². The summed E-state index contributed by atoms with van der Waals surface area (Å²) in [7, 11) is 1.36. The van der Waals surface area contributed by atoms with E-state index < -0.39 is 12.1 Å². The van der Waals surface area contributed by atoms with Gasteiger partial charge in [-0.25, -0.2) is 4.79 Å². The van der Waals surface area contributed by atoms with E-state index in [1.807, 2.05) is 35.8 Å². The van der Waals surface area contributed by atoms with Crippen molar-refractivity contribution < 1.29 is 24.3 Å². The number of hydrogen-bond donors (Lipinski definition) is 2. The van der Waals surface area contributed by atoms with Crippen LogP contribution in [0.25, 0.3) is 0 Å². The number of aliphatic hydroxyl groups is 1. The largest absolute Gasteiger partial charge is 0.486 e. The Morgan fingerprint density at radius 1 is 1.52 bits per heavy atom. The predicted octanol–water partition coefficient (Wildman–Crippen LogP) is 0.636. The van der Waals surface area contributed by atoms with Crippen LogP contribution >= 0.6 is 12.2 Å². The maximum atomic E-state index is 12.1. The van der Waals surface area contributed by atoms with E-state index >= 15 is 0 Å². The van der Waals surface area contributed by atoms with Gasteiger partial charge in [0.15, 0.2) is 18.5 Å². The van der Waals surface area contributed by atoms with Crippen LogP contribution in [-0.4, -0.2) is 51.2 Å². The molecule has 9 heteroatoms. The number of esters is 1. The van der Waals surface area contributed by atoms with Gasteiger partial charge in [0.1, 0.15) is 25.0 Å². The second kappa shape index (κ2) is 9.34. The molecule has 2 N–H and O–H groups in total. The summed E-state index contributed by atoms with van der Waals surface area (Å²) in [5.74, 6) is 1.09. The average molecular weight is 420 g/mol. The van der Waals surface area contributed by atoms with E-state index in [0.717, 1.165) is 16.2 Å². The monoisotopic (exact) mass is 419 g/mol. The van der Waals surface area contributed by atoms with Crippen LogP contribution < -0.4 is 9.64 Å². The summed E-state index contributed by atoms with van der Waals surface area (Å²) in [6.45, 7) is 7.35. The molecule has 0 bridgehead atoms. The highest BCUT2D eigenvalue weighted by atomic mass is 32.1. The Morgan fingerprint density at radius 3 is 3.00 bits per heavy atom. The Kier molecular flexibility index (Phi) is 6.83. The molecule has 1 fully saturated rings. The van der Waals surface area contributed by atoms with Gasteiger partial charge in [-0.1, -0.05) is 18.2 Å². The van der Waals surface area contributed by atoms with Gasteiger partial charge >= 0.3 is 5.97 Å². The molecule has 0 saturated carbocycles. The second-order valence-electron chi connectivity index (χ2n) is 7.19. The summed E-state index contributed by atoms with van der Waals surface area (Å²) in [4.78, 5) is 12.9. The number of aryl methyl sites for hydroxylation is 1. The normalized spacial score (nSPS) is 21.1. The number of quaternary nitrogens is 1. The highest BCUT2D eigenvalue weighted by molar-refractivity contribution is 7.71. The molecule has 1 saturated heterocycles. The molecule has 1 unspecified atom stereocenters. The van der Waals surface area contributed by atoms with E-state index in [0.29, 0.717) is 36.8 Å². The van der Waals surface area contributed by atoms with Gasteiger partial charge in [0.2, 0.25) is 4.77 Å². The number of allylic oxidation sites excluding steroid dienone is 1. The van der Waals surface area contributed by atoms with E-state index in [1.165, 1.54) is 7.11 Å². The number of ether oxygens (including phenoxy) is 2. The Balaban J connectivity index is 1.80. The lowest BCUT2D eigenvalue weighted by molar-refractivity contribution is -0.928. The molecular formula is C20H27N4O4S+. The van der Waals surface area contributed by atoms with Crippen LogP contribution in [0.2, 0.25) is 0 Å². The zero-order valence-corrected chi connectivity index (χ0v) is 17.5. The third-order valence-electron chi connectivity index (χ3n) is 5.01. The van der Waals surface area contributed by atoms with Crippen molar-refractivity contribution in [3.63, 3.8) is 0 Å². The highest BCUT2D eigenvalue weighted by Gasteiger charge is 2.41. The van der Waals surface area contributed by atoms with Gasteiger partial charge in [0.25, 0.3) is 0 Å². The first-order valence-corrected chi connectivity index (χ1v) is 9.91. The Labute approximate surface area is 175 Å². The van der Waals surface area contributed by atoms with Gasteiger partial charge in [0.05, 0.1) is 7.11 Å². The molecule has 1 aromatic carbocycles. The molecule has 0 aliphatic carbocycles. The molecule has 1 aliphatic heterocycles. The van der Waals surface area contributed by atoms with Crippen LogP contribution in [0.5, 0.6) is 5.75 Å². The lowest BCUT2D eigenvalue weighted by Gasteiger charge is -2.18. The molecule has 2 aromatic rings. The van der Waals surface area contributed by atoms with Gasteiger partial charge < -0.3 is 19.5 Å². The molecule has 156 valence electrons. The Morgan fingerprint density at radius 2 is 2.31 bits per heavy atom. The predicted molar refractivity (Wildman–Crippen MR) is 109 cm³/mol. The summed E-state index contributed by atoms with van der Waals surface area (Å²) in [5.41, 5.74) is 1.11. The van der Waals surface area contributed by atoms with Crippen molar-refractivity contribution in [3.05, 3.63) is 53.1 Å². The van der Waals surface area contributed by atoms with Crippen LogP contribution in [0.3, 0.4) is 0 Å². The Bertz CT molecular complexity index is 939. The minimum Gasteiger partial charge on any atom is -0.486 e. The summed E-state index contributed by atoms with van der Waals surface area (Å²) in [6.07, 6.45) is 1.57.